The minimum atomic E-state index is 0.372. The third-order valence-electron chi connectivity index (χ3n) is 6.30. The van der Waals surface area contributed by atoms with E-state index in [1.807, 2.05) is 0 Å². The van der Waals surface area contributed by atoms with Crippen LogP contribution in [0.2, 0.25) is 0 Å². The van der Waals surface area contributed by atoms with Crippen LogP contribution in [-0.4, -0.2) is 18.2 Å². The smallest absolute Gasteiger partial charge is 0.0664 e. The van der Waals surface area contributed by atoms with E-state index in [4.69, 9.17) is 10.5 Å². The molecule has 1 spiro atoms. The van der Waals surface area contributed by atoms with Crippen molar-refractivity contribution >= 4 is 0 Å². The second kappa shape index (κ2) is 5.73. The number of ether oxygens (including phenoxy) is 1. The maximum atomic E-state index is 6.54. The monoisotopic (exact) mass is 265 g/mol. The fourth-order valence-corrected chi connectivity index (χ4v) is 4.84. The van der Waals surface area contributed by atoms with Gasteiger partial charge in [-0.15, -0.1) is 0 Å². The molecule has 2 N–H and O–H groups in total. The summed E-state index contributed by atoms with van der Waals surface area (Å²) < 4.78 is 6.54. The van der Waals surface area contributed by atoms with Gasteiger partial charge in [0, 0.05) is 11.5 Å². The van der Waals surface area contributed by atoms with Gasteiger partial charge in [-0.3, -0.25) is 0 Å². The molecule has 3 rings (SSSR count). The molecule has 3 saturated carbocycles. The maximum Gasteiger partial charge on any atom is 0.0664 e. The van der Waals surface area contributed by atoms with Gasteiger partial charge in [-0.2, -0.15) is 0 Å². The first-order chi connectivity index (χ1) is 9.24. The van der Waals surface area contributed by atoms with Gasteiger partial charge in [0.2, 0.25) is 0 Å². The standard InChI is InChI=1S/C17H31NO/c1-2-13-7-6-8-14(11-13)19-16-12-15(18)17(16)9-4-3-5-10-17/h13-16H,2-12,18H2,1H3. The molecule has 0 radical (unpaired) electrons. The fraction of sp³-hybridized carbons (Fsp3) is 1.00. The number of hydrogen-bond donors (Lipinski definition) is 1. The van der Waals surface area contributed by atoms with Crippen LogP contribution >= 0.6 is 0 Å². The van der Waals surface area contributed by atoms with E-state index in [0.29, 0.717) is 23.7 Å². The maximum absolute atomic E-state index is 6.54. The van der Waals surface area contributed by atoms with Crippen molar-refractivity contribution in [3.05, 3.63) is 0 Å². The molecular weight excluding hydrogens is 234 g/mol. The largest absolute Gasteiger partial charge is 0.374 e. The highest BCUT2D eigenvalue weighted by molar-refractivity contribution is 5.07. The summed E-state index contributed by atoms with van der Waals surface area (Å²) >= 11 is 0. The molecule has 3 aliphatic carbocycles. The van der Waals surface area contributed by atoms with E-state index in [1.165, 1.54) is 64.2 Å². The third-order valence-corrected chi connectivity index (χ3v) is 6.30. The Morgan fingerprint density at radius 2 is 1.84 bits per heavy atom. The van der Waals surface area contributed by atoms with Crippen molar-refractivity contribution < 1.29 is 4.74 Å². The third kappa shape index (κ3) is 2.58. The van der Waals surface area contributed by atoms with Crippen molar-refractivity contribution in [2.75, 3.05) is 0 Å². The lowest BCUT2D eigenvalue weighted by Crippen LogP contribution is -2.63. The average Bonchev–Trinajstić information content (AvgIpc) is 2.48. The molecule has 0 aromatic heterocycles. The lowest BCUT2D eigenvalue weighted by molar-refractivity contribution is -0.177. The first-order valence-corrected chi connectivity index (χ1v) is 8.65. The number of rotatable bonds is 3. The average molecular weight is 265 g/mol. The Hall–Kier alpha value is -0.0800. The van der Waals surface area contributed by atoms with Crippen molar-refractivity contribution in [2.45, 2.75) is 95.8 Å². The van der Waals surface area contributed by atoms with E-state index in [-0.39, 0.29) is 0 Å². The van der Waals surface area contributed by atoms with Crippen LogP contribution in [0.5, 0.6) is 0 Å². The SMILES string of the molecule is CCC1CCCC(OC2CC(N)C23CCCCC3)C1. The van der Waals surface area contributed by atoms with Crippen molar-refractivity contribution in [1.29, 1.82) is 0 Å². The van der Waals surface area contributed by atoms with E-state index < -0.39 is 0 Å². The first kappa shape index (κ1) is 13.9. The van der Waals surface area contributed by atoms with Gasteiger partial charge in [-0.25, -0.2) is 0 Å². The molecular formula is C17H31NO. The van der Waals surface area contributed by atoms with Crippen molar-refractivity contribution in [3.8, 4) is 0 Å². The lowest BCUT2D eigenvalue weighted by atomic mass is 9.55. The number of hydrogen-bond acceptors (Lipinski definition) is 2. The van der Waals surface area contributed by atoms with E-state index in [0.717, 1.165) is 12.3 Å². The molecule has 19 heavy (non-hydrogen) atoms. The molecule has 0 heterocycles. The Labute approximate surface area is 118 Å². The van der Waals surface area contributed by atoms with Crippen molar-refractivity contribution in [3.63, 3.8) is 0 Å². The highest BCUT2D eigenvalue weighted by Crippen LogP contribution is 2.53. The molecule has 0 aromatic carbocycles. The van der Waals surface area contributed by atoms with E-state index in [2.05, 4.69) is 6.92 Å². The summed E-state index contributed by atoms with van der Waals surface area (Å²) in [4.78, 5) is 0. The molecule has 0 aliphatic heterocycles. The minimum absolute atomic E-state index is 0.372. The minimum Gasteiger partial charge on any atom is -0.374 e. The molecule has 4 atom stereocenters. The van der Waals surface area contributed by atoms with Crippen molar-refractivity contribution in [1.82, 2.24) is 0 Å². The van der Waals surface area contributed by atoms with Crippen LogP contribution in [0.25, 0.3) is 0 Å². The molecule has 110 valence electrons. The zero-order valence-electron chi connectivity index (χ0n) is 12.6. The molecule has 4 unspecified atom stereocenters. The van der Waals surface area contributed by atoms with Gasteiger partial charge >= 0.3 is 0 Å². The summed E-state index contributed by atoms with van der Waals surface area (Å²) in [6, 6.07) is 0.420. The lowest BCUT2D eigenvalue weighted by Gasteiger charge is -2.57. The normalized spacial score (nSPS) is 42.0. The summed E-state index contributed by atoms with van der Waals surface area (Å²) in [5.74, 6) is 0.912. The molecule has 3 fully saturated rings. The molecule has 3 aliphatic rings. The van der Waals surface area contributed by atoms with Gasteiger partial charge < -0.3 is 10.5 Å². The van der Waals surface area contributed by atoms with Gasteiger partial charge in [0.1, 0.15) is 0 Å². The summed E-state index contributed by atoms with van der Waals surface area (Å²) in [6.45, 7) is 2.33. The van der Waals surface area contributed by atoms with E-state index in [9.17, 15) is 0 Å². The molecule has 0 amide bonds. The first-order valence-electron chi connectivity index (χ1n) is 8.65. The van der Waals surface area contributed by atoms with Crippen LogP contribution in [0.1, 0.15) is 77.6 Å². The predicted octanol–water partition coefficient (Wildman–Crippen LogP) is 4.02. The number of nitrogens with two attached hydrogens (primary N) is 1. The van der Waals surface area contributed by atoms with Crippen LogP contribution in [0, 0.1) is 11.3 Å². The molecule has 2 nitrogen and oxygen atoms in total. The Morgan fingerprint density at radius 3 is 2.53 bits per heavy atom. The van der Waals surface area contributed by atoms with Gasteiger partial charge in [-0.1, -0.05) is 45.4 Å². The fourth-order valence-electron chi connectivity index (χ4n) is 4.84. The summed E-state index contributed by atoms with van der Waals surface area (Å²) in [5.41, 5.74) is 6.73. The Bertz CT molecular complexity index is 298. The predicted molar refractivity (Wildman–Crippen MR) is 79.0 cm³/mol. The van der Waals surface area contributed by atoms with Crippen LogP contribution in [0.3, 0.4) is 0 Å². The van der Waals surface area contributed by atoms with E-state index in [1.54, 1.807) is 0 Å². The molecule has 0 saturated heterocycles. The molecule has 0 bridgehead atoms. The molecule has 2 heteroatoms. The summed E-state index contributed by atoms with van der Waals surface area (Å²) in [7, 11) is 0. The second-order valence-corrected chi connectivity index (χ2v) is 7.32. The van der Waals surface area contributed by atoms with Gasteiger partial charge in [0.25, 0.3) is 0 Å². The highest BCUT2D eigenvalue weighted by atomic mass is 16.5. The second-order valence-electron chi connectivity index (χ2n) is 7.32. The van der Waals surface area contributed by atoms with Gasteiger partial charge in [0.15, 0.2) is 0 Å². The zero-order valence-corrected chi connectivity index (χ0v) is 12.6. The summed E-state index contributed by atoms with van der Waals surface area (Å²) in [5, 5.41) is 0. The van der Waals surface area contributed by atoms with Crippen LogP contribution in [0.15, 0.2) is 0 Å². The van der Waals surface area contributed by atoms with Crippen LogP contribution in [0.4, 0.5) is 0 Å². The quantitative estimate of drug-likeness (QED) is 0.836. The zero-order chi connectivity index (χ0) is 13.3. The Kier molecular flexibility index (Phi) is 4.19. The Balaban J connectivity index is 1.57. The topological polar surface area (TPSA) is 35.2 Å². The van der Waals surface area contributed by atoms with Gasteiger partial charge in [-0.05, 0) is 38.0 Å². The van der Waals surface area contributed by atoms with E-state index >= 15 is 0 Å². The molecule has 0 aromatic rings. The van der Waals surface area contributed by atoms with Crippen LogP contribution < -0.4 is 5.73 Å². The van der Waals surface area contributed by atoms with Crippen LogP contribution in [-0.2, 0) is 4.74 Å². The highest BCUT2D eigenvalue weighted by Gasteiger charge is 2.54. The Morgan fingerprint density at radius 1 is 1.05 bits per heavy atom. The van der Waals surface area contributed by atoms with Crippen molar-refractivity contribution in [2.24, 2.45) is 17.1 Å². The van der Waals surface area contributed by atoms with Gasteiger partial charge in [0.05, 0.1) is 12.2 Å². The summed E-state index contributed by atoms with van der Waals surface area (Å²) in [6.07, 6.45) is 15.7.